The maximum absolute atomic E-state index is 5.43. The summed E-state index contributed by atoms with van der Waals surface area (Å²) in [6.07, 6.45) is 1.07. The highest BCUT2D eigenvalue weighted by atomic mass is 16.5. The van der Waals surface area contributed by atoms with Crippen molar-refractivity contribution in [1.29, 1.82) is 0 Å². The molecule has 0 fully saturated rings. The number of hydrogen-bond acceptors (Lipinski definition) is 3. The highest BCUT2D eigenvalue weighted by Crippen LogP contribution is 2.32. The molecule has 0 amide bonds. The van der Waals surface area contributed by atoms with Crippen LogP contribution >= 0.6 is 0 Å². The Morgan fingerprint density at radius 1 is 1.25 bits per heavy atom. The van der Waals surface area contributed by atoms with Crippen LogP contribution in [0.4, 0.5) is 0 Å². The van der Waals surface area contributed by atoms with Gasteiger partial charge in [0, 0.05) is 24.7 Å². The van der Waals surface area contributed by atoms with E-state index in [1.165, 1.54) is 11.1 Å². The number of hydrogen-bond donors (Lipinski definition) is 0. The number of rotatable bonds is 3. The van der Waals surface area contributed by atoms with Gasteiger partial charge in [0.15, 0.2) is 0 Å². The van der Waals surface area contributed by atoms with Crippen LogP contribution in [0.1, 0.15) is 18.1 Å². The zero-order valence-corrected chi connectivity index (χ0v) is 10.2. The van der Waals surface area contributed by atoms with E-state index in [9.17, 15) is 0 Å². The number of likely N-dealkylation sites (N-methyl/N-ethyl adjacent to an activating group) is 1. The van der Waals surface area contributed by atoms with Crippen molar-refractivity contribution in [2.75, 3.05) is 27.3 Å². The second-order valence-electron chi connectivity index (χ2n) is 4.09. The lowest BCUT2D eigenvalue weighted by Gasteiger charge is -2.29. The zero-order chi connectivity index (χ0) is 11.5. The van der Waals surface area contributed by atoms with E-state index in [1.807, 2.05) is 6.07 Å². The van der Waals surface area contributed by atoms with Gasteiger partial charge in [0.1, 0.15) is 11.5 Å². The van der Waals surface area contributed by atoms with Gasteiger partial charge in [-0.1, -0.05) is 6.92 Å². The molecule has 88 valence electrons. The van der Waals surface area contributed by atoms with Crippen LogP contribution in [0, 0.1) is 0 Å². The summed E-state index contributed by atoms with van der Waals surface area (Å²) in [4.78, 5) is 2.43. The standard InChI is InChI=1S/C13H19NO2/c1-4-14-6-5-12-10(9-14)7-11(15-2)8-13(12)16-3/h7-8H,4-6,9H2,1-3H3. The second-order valence-corrected chi connectivity index (χ2v) is 4.09. The molecule has 1 heterocycles. The quantitative estimate of drug-likeness (QED) is 0.780. The summed E-state index contributed by atoms with van der Waals surface area (Å²) in [7, 11) is 3.42. The predicted octanol–water partition coefficient (Wildman–Crippen LogP) is 2.08. The van der Waals surface area contributed by atoms with Crippen LogP contribution in [-0.2, 0) is 13.0 Å². The van der Waals surface area contributed by atoms with Crippen molar-refractivity contribution in [2.45, 2.75) is 19.9 Å². The van der Waals surface area contributed by atoms with Crippen molar-refractivity contribution in [3.05, 3.63) is 23.3 Å². The van der Waals surface area contributed by atoms with Crippen molar-refractivity contribution in [3.63, 3.8) is 0 Å². The molecule has 16 heavy (non-hydrogen) atoms. The molecule has 0 unspecified atom stereocenters. The lowest BCUT2D eigenvalue weighted by molar-refractivity contribution is 0.263. The van der Waals surface area contributed by atoms with E-state index in [0.29, 0.717) is 0 Å². The van der Waals surface area contributed by atoms with Crippen LogP contribution in [0.15, 0.2) is 12.1 Å². The van der Waals surface area contributed by atoms with Gasteiger partial charge in [-0.25, -0.2) is 0 Å². The maximum Gasteiger partial charge on any atom is 0.126 e. The van der Waals surface area contributed by atoms with Crippen LogP contribution in [-0.4, -0.2) is 32.2 Å². The highest BCUT2D eigenvalue weighted by molar-refractivity contribution is 5.47. The molecule has 3 nitrogen and oxygen atoms in total. The molecule has 0 atom stereocenters. The number of ether oxygens (including phenoxy) is 2. The lowest BCUT2D eigenvalue weighted by atomic mass is 9.98. The first-order chi connectivity index (χ1) is 7.78. The minimum atomic E-state index is 0.883. The van der Waals surface area contributed by atoms with E-state index >= 15 is 0 Å². The molecule has 0 radical (unpaired) electrons. The van der Waals surface area contributed by atoms with E-state index in [2.05, 4.69) is 17.9 Å². The van der Waals surface area contributed by atoms with Crippen LogP contribution < -0.4 is 9.47 Å². The van der Waals surface area contributed by atoms with Crippen molar-refractivity contribution in [2.24, 2.45) is 0 Å². The summed E-state index contributed by atoms with van der Waals surface area (Å²) in [6.45, 7) is 5.41. The van der Waals surface area contributed by atoms with Crippen LogP contribution in [0.3, 0.4) is 0 Å². The average Bonchev–Trinajstić information content (AvgIpc) is 2.36. The molecule has 3 heteroatoms. The summed E-state index contributed by atoms with van der Waals surface area (Å²) >= 11 is 0. The van der Waals surface area contributed by atoms with Crippen molar-refractivity contribution in [1.82, 2.24) is 4.90 Å². The fourth-order valence-electron chi connectivity index (χ4n) is 2.26. The van der Waals surface area contributed by atoms with Gasteiger partial charge >= 0.3 is 0 Å². The third-order valence-corrected chi connectivity index (χ3v) is 3.25. The largest absolute Gasteiger partial charge is 0.497 e. The summed E-state index contributed by atoms with van der Waals surface area (Å²) in [6, 6.07) is 4.10. The Kier molecular flexibility index (Phi) is 3.34. The van der Waals surface area contributed by atoms with Crippen molar-refractivity contribution in [3.8, 4) is 11.5 Å². The van der Waals surface area contributed by atoms with E-state index in [4.69, 9.17) is 9.47 Å². The molecule has 0 aromatic heterocycles. The molecule has 0 saturated carbocycles. The first-order valence-corrected chi connectivity index (χ1v) is 5.74. The Hall–Kier alpha value is -1.22. The smallest absolute Gasteiger partial charge is 0.126 e. The molecular weight excluding hydrogens is 202 g/mol. The van der Waals surface area contributed by atoms with E-state index in [1.54, 1.807) is 14.2 Å². The molecule has 2 rings (SSSR count). The molecule has 0 bridgehead atoms. The van der Waals surface area contributed by atoms with E-state index in [0.717, 1.165) is 37.6 Å². The van der Waals surface area contributed by atoms with Gasteiger partial charge in [-0.3, -0.25) is 4.90 Å². The zero-order valence-electron chi connectivity index (χ0n) is 10.2. The van der Waals surface area contributed by atoms with Crippen molar-refractivity contribution < 1.29 is 9.47 Å². The fourth-order valence-corrected chi connectivity index (χ4v) is 2.26. The Morgan fingerprint density at radius 2 is 2.06 bits per heavy atom. The Morgan fingerprint density at radius 3 is 2.69 bits per heavy atom. The minimum Gasteiger partial charge on any atom is -0.497 e. The summed E-state index contributed by atoms with van der Waals surface area (Å²) in [5, 5.41) is 0. The molecule has 0 saturated heterocycles. The average molecular weight is 221 g/mol. The third kappa shape index (κ3) is 2.00. The number of fused-ring (bicyclic) bond motifs is 1. The monoisotopic (exact) mass is 221 g/mol. The summed E-state index contributed by atoms with van der Waals surface area (Å²) < 4.78 is 10.7. The first-order valence-electron chi connectivity index (χ1n) is 5.74. The molecule has 0 N–H and O–H groups in total. The lowest BCUT2D eigenvalue weighted by Crippen LogP contribution is -2.30. The molecule has 1 aliphatic rings. The SMILES string of the molecule is CCN1CCc2c(cc(OC)cc2OC)C1. The molecule has 1 aromatic rings. The van der Waals surface area contributed by atoms with E-state index < -0.39 is 0 Å². The van der Waals surface area contributed by atoms with Crippen LogP contribution in [0.25, 0.3) is 0 Å². The van der Waals surface area contributed by atoms with E-state index in [-0.39, 0.29) is 0 Å². The summed E-state index contributed by atoms with van der Waals surface area (Å²) in [5.74, 6) is 1.85. The third-order valence-electron chi connectivity index (χ3n) is 3.25. The minimum absolute atomic E-state index is 0.883. The maximum atomic E-state index is 5.43. The molecular formula is C13H19NO2. The second kappa shape index (κ2) is 4.74. The van der Waals surface area contributed by atoms with Gasteiger partial charge in [-0.2, -0.15) is 0 Å². The van der Waals surface area contributed by atoms with Gasteiger partial charge in [0.2, 0.25) is 0 Å². The number of methoxy groups -OCH3 is 2. The van der Waals surface area contributed by atoms with Gasteiger partial charge in [0.25, 0.3) is 0 Å². The van der Waals surface area contributed by atoms with Crippen LogP contribution in [0.2, 0.25) is 0 Å². The van der Waals surface area contributed by atoms with Gasteiger partial charge in [-0.15, -0.1) is 0 Å². The van der Waals surface area contributed by atoms with Crippen LogP contribution in [0.5, 0.6) is 11.5 Å². The van der Waals surface area contributed by atoms with Gasteiger partial charge < -0.3 is 9.47 Å². The predicted molar refractivity (Wildman–Crippen MR) is 64.2 cm³/mol. The van der Waals surface area contributed by atoms with Gasteiger partial charge in [0.05, 0.1) is 14.2 Å². The van der Waals surface area contributed by atoms with Gasteiger partial charge in [-0.05, 0) is 24.6 Å². The molecule has 1 aliphatic heterocycles. The number of benzene rings is 1. The number of nitrogens with zero attached hydrogens (tertiary/aromatic N) is 1. The van der Waals surface area contributed by atoms with Crippen molar-refractivity contribution >= 4 is 0 Å². The molecule has 0 aliphatic carbocycles. The molecule has 1 aromatic carbocycles. The Bertz CT molecular complexity index is 376. The normalized spacial score (nSPS) is 15.7. The Labute approximate surface area is 97.0 Å². The topological polar surface area (TPSA) is 21.7 Å². The molecule has 0 spiro atoms. The fraction of sp³-hybridized carbons (Fsp3) is 0.538. The first kappa shape index (κ1) is 11.3. The summed E-state index contributed by atoms with van der Waals surface area (Å²) in [5.41, 5.74) is 2.68. The Balaban J connectivity index is 2.38. The highest BCUT2D eigenvalue weighted by Gasteiger charge is 2.19.